The van der Waals surface area contributed by atoms with Gasteiger partial charge in [0.2, 0.25) is 5.95 Å². The SMILES string of the molecule is N#Cc1ccc(Cn2c(NCCO)nc3ccccc32)c(F)c1. The first-order chi connectivity index (χ1) is 11.2. The molecular weight excluding hydrogens is 295 g/mol. The van der Waals surface area contributed by atoms with Crippen LogP contribution in [0.15, 0.2) is 42.5 Å². The number of rotatable bonds is 5. The Bertz CT molecular complexity index is 882. The number of para-hydroxylation sites is 2. The second-order valence-corrected chi connectivity index (χ2v) is 5.08. The third kappa shape index (κ3) is 3.00. The van der Waals surface area contributed by atoms with E-state index in [0.29, 0.717) is 23.6 Å². The molecule has 0 aliphatic rings. The summed E-state index contributed by atoms with van der Waals surface area (Å²) in [7, 11) is 0. The molecule has 5 nitrogen and oxygen atoms in total. The minimum absolute atomic E-state index is 0.0194. The lowest BCUT2D eigenvalue weighted by Gasteiger charge is -2.11. The second kappa shape index (κ2) is 6.46. The van der Waals surface area contributed by atoms with Crippen molar-refractivity contribution in [2.45, 2.75) is 6.54 Å². The Morgan fingerprint density at radius 1 is 1.26 bits per heavy atom. The Morgan fingerprint density at radius 3 is 2.83 bits per heavy atom. The first kappa shape index (κ1) is 15.0. The Balaban J connectivity index is 2.02. The van der Waals surface area contributed by atoms with Gasteiger partial charge in [-0.3, -0.25) is 0 Å². The summed E-state index contributed by atoms with van der Waals surface area (Å²) < 4.78 is 16.0. The molecular formula is C17H15FN4O. The Hall–Kier alpha value is -2.91. The van der Waals surface area contributed by atoms with Gasteiger partial charge in [-0.1, -0.05) is 18.2 Å². The van der Waals surface area contributed by atoms with Gasteiger partial charge in [-0.25, -0.2) is 9.37 Å². The molecule has 0 fully saturated rings. The molecule has 0 spiro atoms. The Morgan fingerprint density at radius 2 is 2.09 bits per heavy atom. The zero-order chi connectivity index (χ0) is 16.2. The van der Waals surface area contributed by atoms with Crippen molar-refractivity contribution in [3.8, 4) is 6.07 Å². The van der Waals surface area contributed by atoms with E-state index in [9.17, 15) is 4.39 Å². The van der Waals surface area contributed by atoms with Gasteiger partial charge in [0, 0.05) is 12.1 Å². The Kier molecular flexibility index (Phi) is 4.22. The van der Waals surface area contributed by atoms with Gasteiger partial charge in [0.05, 0.1) is 35.8 Å². The quantitative estimate of drug-likeness (QED) is 0.759. The van der Waals surface area contributed by atoms with Gasteiger partial charge < -0.3 is 15.0 Å². The topological polar surface area (TPSA) is 73.9 Å². The zero-order valence-electron chi connectivity index (χ0n) is 12.3. The third-order valence-electron chi connectivity index (χ3n) is 3.56. The molecule has 0 aliphatic heterocycles. The number of fused-ring (bicyclic) bond motifs is 1. The van der Waals surface area contributed by atoms with Gasteiger partial charge >= 0.3 is 0 Å². The molecule has 0 atom stereocenters. The molecule has 0 saturated carbocycles. The average Bonchev–Trinajstić information content (AvgIpc) is 2.92. The number of aliphatic hydroxyl groups is 1. The highest BCUT2D eigenvalue weighted by atomic mass is 19.1. The highest BCUT2D eigenvalue weighted by Gasteiger charge is 2.12. The van der Waals surface area contributed by atoms with E-state index in [1.807, 2.05) is 34.9 Å². The van der Waals surface area contributed by atoms with Crippen molar-refractivity contribution >= 4 is 17.0 Å². The molecule has 116 valence electrons. The molecule has 2 N–H and O–H groups in total. The summed E-state index contributed by atoms with van der Waals surface area (Å²) in [5.41, 5.74) is 2.43. The molecule has 1 heterocycles. The van der Waals surface area contributed by atoms with Crippen LogP contribution in [0.3, 0.4) is 0 Å². The summed E-state index contributed by atoms with van der Waals surface area (Å²) in [5, 5.41) is 20.9. The normalized spacial score (nSPS) is 10.7. The maximum atomic E-state index is 14.2. The van der Waals surface area contributed by atoms with Crippen molar-refractivity contribution in [1.82, 2.24) is 9.55 Å². The molecule has 0 aliphatic carbocycles. The minimum atomic E-state index is -0.421. The van der Waals surface area contributed by atoms with Crippen molar-refractivity contribution in [1.29, 1.82) is 5.26 Å². The van der Waals surface area contributed by atoms with Crippen LogP contribution in [0.5, 0.6) is 0 Å². The number of aromatic nitrogens is 2. The fraction of sp³-hybridized carbons (Fsp3) is 0.176. The van der Waals surface area contributed by atoms with E-state index in [2.05, 4.69) is 10.3 Å². The lowest BCUT2D eigenvalue weighted by molar-refractivity contribution is 0.310. The highest BCUT2D eigenvalue weighted by Crippen LogP contribution is 2.22. The van der Waals surface area contributed by atoms with E-state index >= 15 is 0 Å². The van der Waals surface area contributed by atoms with Crippen LogP contribution in [0.2, 0.25) is 0 Å². The first-order valence-electron chi connectivity index (χ1n) is 7.21. The van der Waals surface area contributed by atoms with Crippen LogP contribution in [0.4, 0.5) is 10.3 Å². The number of nitrogens with zero attached hydrogens (tertiary/aromatic N) is 3. The lowest BCUT2D eigenvalue weighted by Crippen LogP contribution is -2.12. The summed E-state index contributed by atoms with van der Waals surface area (Å²) >= 11 is 0. The smallest absolute Gasteiger partial charge is 0.204 e. The number of hydrogen-bond donors (Lipinski definition) is 2. The number of halogens is 1. The second-order valence-electron chi connectivity index (χ2n) is 5.08. The monoisotopic (exact) mass is 310 g/mol. The highest BCUT2D eigenvalue weighted by molar-refractivity contribution is 5.78. The molecule has 3 rings (SSSR count). The van der Waals surface area contributed by atoms with Crippen LogP contribution in [0, 0.1) is 17.1 Å². The molecule has 0 amide bonds. The largest absolute Gasteiger partial charge is 0.395 e. The van der Waals surface area contributed by atoms with Gasteiger partial charge in [0.15, 0.2) is 0 Å². The van der Waals surface area contributed by atoms with Crippen LogP contribution in [0.25, 0.3) is 11.0 Å². The van der Waals surface area contributed by atoms with Crippen molar-refractivity contribution in [2.75, 3.05) is 18.5 Å². The minimum Gasteiger partial charge on any atom is -0.395 e. The molecule has 3 aromatic rings. The van der Waals surface area contributed by atoms with Gasteiger partial charge in [-0.2, -0.15) is 5.26 Å². The summed E-state index contributed by atoms with van der Waals surface area (Å²) in [5.74, 6) is 0.152. The fourth-order valence-electron chi connectivity index (χ4n) is 2.45. The maximum absolute atomic E-state index is 14.2. The van der Waals surface area contributed by atoms with Crippen molar-refractivity contribution in [3.05, 3.63) is 59.4 Å². The number of imidazole rings is 1. The summed E-state index contributed by atoms with van der Waals surface area (Å²) in [4.78, 5) is 4.48. The molecule has 0 radical (unpaired) electrons. The summed E-state index contributed by atoms with van der Waals surface area (Å²) in [6, 6.07) is 13.9. The molecule has 23 heavy (non-hydrogen) atoms. The lowest BCUT2D eigenvalue weighted by atomic mass is 10.1. The number of aliphatic hydroxyl groups excluding tert-OH is 1. The third-order valence-corrected chi connectivity index (χ3v) is 3.56. The van der Waals surface area contributed by atoms with E-state index < -0.39 is 5.82 Å². The van der Waals surface area contributed by atoms with E-state index in [0.717, 1.165) is 11.0 Å². The van der Waals surface area contributed by atoms with Gasteiger partial charge in [0.25, 0.3) is 0 Å². The van der Waals surface area contributed by atoms with E-state index in [-0.39, 0.29) is 13.2 Å². The predicted molar refractivity (Wildman–Crippen MR) is 85.5 cm³/mol. The van der Waals surface area contributed by atoms with Crippen LogP contribution >= 0.6 is 0 Å². The van der Waals surface area contributed by atoms with Crippen LogP contribution in [0.1, 0.15) is 11.1 Å². The predicted octanol–water partition coefficient (Wildman–Crippen LogP) is 2.50. The number of hydrogen-bond acceptors (Lipinski definition) is 4. The number of nitriles is 1. The number of benzene rings is 2. The van der Waals surface area contributed by atoms with Crippen LogP contribution < -0.4 is 5.32 Å². The average molecular weight is 310 g/mol. The van der Waals surface area contributed by atoms with Crippen LogP contribution in [-0.2, 0) is 6.54 Å². The first-order valence-corrected chi connectivity index (χ1v) is 7.21. The van der Waals surface area contributed by atoms with Crippen LogP contribution in [-0.4, -0.2) is 27.8 Å². The number of anilines is 1. The van der Waals surface area contributed by atoms with Crippen molar-refractivity contribution in [2.24, 2.45) is 0 Å². The van der Waals surface area contributed by atoms with Crippen molar-refractivity contribution in [3.63, 3.8) is 0 Å². The van der Waals surface area contributed by atoms with E-state index in [1.54, 1.807) is 12.1 Å². The number of nitrogens with one attached hydrogen (secondary N) is 1. The maximum Gasteiger partial charge on any atom is 0.204 e. The van der Waals surface area contributed by atoms with E-state index in [1.165, 1.54) is 6.07 Å². The van der Waals surface area contributed by atoms with Gasteiger partial charge in [-0.05, 0) is 24.3 Å². The molecule has 6 heteroatoms. The zero-order valence-corrected chi connectivity index (χ0v) is 12.3. The fourth-order valence-corrected chi connectivity index (χ4v) is 2.45. The standard InChI is InChI=1S/C17H15FN4O/c18-14-9-12(10-19)5-6-13(14)11-22-16-4-2-1-3-15(16)21-17(22)20-7-8-23/h1-6,9,23H,7-8,11H2,(H,20,21). The molecule has 0 unspecified atom stereocenters. The van der Waals surface area contributed by atoms with E-state index in [4.69, 9.17) is 10.4 Å². The Labute approximate surface area is 132 Å². The molecule has 2 aromatic carbocycles. The molecule has 1 aromatic heterocycles. The van der Waals surface area contributed by atoms with Gasteiger partial charge in [-0.15, -0.1) is 0 Å². The molecule has 0 bridgehead atoms. The molecule has 0 saturated heterocycles. The van der Waals surface area contributed by atoms with Crippen molar-refractivity contribution < 1.29 is 9.50 Å². The summed E-state index contributed by atoms with van der Waals surface area (Å²) in [6.07, 6.45) is 0. The summed E-state index contributed by atoms with van der Waals surface area (Å²) in [6.45, 7) is 0.624. The van der Waals surface area contributed by atoms with Gasteiger partial charge in [0.1, 0.15) is 5.82 Å².